The maximum atomic E-state index is 12.5. The molecule has 4 unspecified atom stereocenters. The van der Waals surface area contributed by atoms with E-state index in [4.69, 9.17) is 5.73 Å². The van der Waals surface area contributed by atoms with E-state index in [0.29, 0.717) is 18.5 Å². The summed E-state index contributed by atoms with van der Waals surface area (Å²) >= 11 is 0. The van der Waals surface area contributed by atoms with E-state index < -0.39 is 5.60 Å². The molecule has 4 rings (SSSR count). The first kappa shape index (κ1) is 18.9. The van der Waals surface area contributed by atoms with Crippen LogP contribution in [0.5, 0.6) is 0 Å². The Balaban J connectivity index is 1.54. The molecule has 0 radical (unpaired) electrons. The molecule has 28 heavy (non-hydrogen) atoms. The number of carbonyl (C=O) groups excluding carboxylic acids is 2. The summed E-state index contributed by atoms with van der Waals surface area (Å²) in [6.07, 6.45) is 0.387. The molecule has 0 spiro atoms. The van der Waals surface area contributed by atoms with Gasteiger partial charge < -0.3 is 26.4 Å². The van der Waals surface area contributed by atoms with Crippen LogP contribution in [0.4, 0.5) is 0 Å². The van der Waals surface area contributed by atoms with Crippen molar-refractivity contribution in [3.63, 3.8) is 0 Å². The van der Waals surface area contributed by atoms with Crippen molar-refractivity contribution in [3.8, 4) is 11.8 Å². The van der Waals surface area contributed by atoms with Crippen molar-refractivity contribution in [3.05, 3.63) is 35.4 Å². The number of nitrogens with two attached hydrogens (primary N) is 1. The monoisotopic (exact) mass is 383 g/mol. The van der Waals surface area contributed by atoms with Gasteiger partial charge in [0.15, 0.2) is 0 Å². The van der Waals surface area contributed by atoms with Gasteiger partial charge in [0.1, 0.15) is 6.17 Å². The second-order valence-electron chi connectivity index (χ2n) is 7.72. The molecule has 1 aromatic rings. The summed E-state index contributed by atoms with van der Waals surface area (Å²) in [6, 6.07) is 7.25. The number of fused-ring (bicyclic) bond motifs is 1. The van der Waals surface area contributed by atoms with Crippen LogP contribution in [0.25, 0.3) is 0 Å². The SMILES string of the molecule is CN1CC[C@@](O)(C#Cc2cccc(C3NC(=O)C4CCNC(N)C4N3)c2)C1=O. The highest BCUT2D eigenvalue weighted by molar-refractivity contribution is 5.90. The number of hydrogen-bond acceptors (Lipinski definition) is 6. The Bertz CT molecular complexity index is 863. The van der Waals surface area contributed by atoms with Gasteiger partial charge in [-0.3, -0.25) is 14.9 Å². The first-order valence-electron chi connectivity index (χ1n) is 9.54. The standard InChI is InChI=1S/C20H25N5O3/c1-25-10-8-20(28,19(25)27)7-5-12-3-2-4-13(11-12)17-23-15-14(18(26)24-17)6-9-22-16(15)21/h2-4,11,14-17,22-23,28H,6,8-10,21H2,1H3,(H,24,26)/t14?,15?,16?,17?,20-/m0/s1. The molecule has 148 valence electrons. The fourth-order valence-electron chi connectivity index (χ4n) is 4.08. The van der Waals surface area contributed by atoms with Gasteiger partial charge in [0.2, 0.25) is 11.5 Å². The Morgan fingerprint density at radius 3 is 2.93 bits per heavy atom. The molecule has 8 nitrogen and oxygen atoms in total. The van der Waals surface area contributed by atoms with Crippen LogP contribution in [-0.2, 0) is 9.59 Å². The van der Waals surface area contributed by atoms with E-state index in [9.17, 15) is 14.7 Å². The van der Waals surface area contributed by atoms with Gasteiger partial charge >= 0.3 is 0 Å². The molecule has 0 aromatic heterocycles. The van der Waals surface area contributed by atoms with Gasteiger partial charge in [-0.1, -0.05) is 24.0 Å². The van der Waals surface area contributed by atoms with Crippen LogP contribution in [0.1, 0.15) is 30.1 Å². The number of nitrogens with zero attached hydrogens (tertiary/aromatic N) is 1. The van der Waals surface area contributed by atoms with Crippen molar-refractivity contribution in [2.45, 2.75) is 36.8 Å². The molecule has 3 aliphatic rings. The van der Waals surface area contributed by atoms with Crippen LogP contribution in [0.3, 0.4) is 0 Å². The molecule has 0 bridgehead atoms. The lowest BCUT2D eigenvalue weighted by molar-refractivity contribution is -0.137. The number of rotatable bonds is 1. The predicted molar refractivity (Wildman–Crippen MR) is 102 cm³/mol. The van der Waals surface area contributed by atoms with Crippen molar-refractivity contribution < 1.29 is 14.7 Å². The topological polar surface area (TPSA) is 120 Å². The quantitative estimate of drug-likeness (QED) is 0.381. The number of likely N-dealkylation sites (N-methyl/N-ethyl adjacent to an activating group) is 1. The fourth-order valence-corrected chi connectivity index (χ4v) is 4.08. The predicted octanol–water partition coefficient (Wildman–Crippen LogP) is -1.39. The highest BCUT2D eigenvalue weighted by atomic mass is 16.3. The van der Waals surface area contributed by atoms with Crippen molar-refractivity contribution in [2.75, 3.05) is 20.1 Å². The van der Waals surface area contributed by atoms with Crippen molar-refractivity contribution in [2.24, 2.45) is 11.7 Å². The molecule has 3 aliphatic heterocycles. The van der Waals surface area contributed by atoms with E-state index in [2.05, 4.69) is 27.8 Å². The highest BCUT2D eigenvalue weighted by Gasteiger charge is 2.43. The third-order valence-electron chi connectivity index (χ3n) is 5.78. The molecule has 0 aliphatic carbocycles. The average molecular weight is 383 g/mol. The number of aliphatic hydroxyl groups is 1. The van der Waals surface area contributed by atoms with Gasteiger partial charge in [0.25, 0.3) is 5.91 Å². The van der Waals surface area contributed by atoms with Gasteiger partial charge in [-0.2, -0.15) is 0 Å². The molecule has 3 fully saturated rings. The van der Waals surface area contributed by atoms with E-state index in [0.717, 1.165) is 18.5 Å². The average Bonchev–Trinajstić information content (AvgIpc) is 2.95. The first-order chi connectivity index (χ1) is 13.4. The summed E-state index contributed by atoms with van der Waals surface area (Å²) in [5.74, 6) is 5.11. The van der Waals surface area contributed by atoms with E-state index in [1.54, 1.807) is 7.05 Å². The summed E-state index contributed by atoms with van der Waals surface area (Å²) in [5.41, 5.74) is 6.02. The third-order valence-corrected chi connectivity index (χ3v) is 5.78. The minimum Gasteiger partial charge on any atom is -0.369 e. The molecule has 2 amide bonds. The Kier molecular flexibility index (Phi) is 4.85. The van der Waals surface area contributed by atoms with Crippen LogP contribution in [0.2, 0.25) is 0 Å². The number of likely N-dealkylation sites (tertiary alicyclic amines) is 1. The smallest absolute Gasteiger partial charge is 0.267 e. The molecule has 0 saturated carbocycles. The molecular weight excluding hydrogens is 358 g/mol. The molecule has 8 heteroatoms. The lowest BCUT2D eigenvalue weighted by Gasteiger charge is -2.43. The zero-order valence-electron chi connectivity index (χ0n) is 15.7. The maximum absolute atomic E-state index is 12.5. The molecule has 1 aromatic carbocycles. The third kappa shape index (κ3) is 3.38. The molecule has 3 saturated heterocycles. The summed E-state index contributed by atoms with van der Waals surface area (Å²) < 4.78 is 0. The Labute approximate surface area is 163 Å². The number of piperidine rings is 1. The van der Waals surface area contributed by atoms with Crippen LogP contribution in [0, 0.1) is 17.8 Å². The van der Waals surface area contributed by atoms with E-state index in [1.807, 2.05) is 24.3 Å². The fraction of sp³-hybridized carbons (Fsp3) is 0.500. The van der Waals surface area contributed by atoms with Gasteiger partial charge in [-0.05, 0) is 30.7 Å². The van der Waals surface area contributed by atoms with E-state index in [-0.39, 0.29) is 36.1 Å². The van der Waals surface area contributed by atoms with Gasteiger partial charge in [-0.25, -0.2) is 0 Å². The minimum absolute atomic E-state index is 0.00362. The maximum Gasteiger partial charge on any atom is 0.267 e. The van der Waals surface area contributed by atoms with Gasteiger partial charge in [0.05, 0.1) is 12.1 Å². The van der Waals surface area contributed by atoms with E-state index >= 15 is 0 Å². The second-order valence-corrected chi connectivity index (χ2v) is 7.72. The number of carbonyl (C=O) groups is 2. The van der Waals surface area contributed by atoms with Crippen LogP contribution >= 0.6 is 0 Å². The van der Waals surface area contributed by atoms with Crippen molar-refractivity contribution in [1.29, 1.82) is 0 Å². The van der Waals surface area contributed by atoms with E-state index in [1.165, 1.54) is 4.90 Å². The highest BCUT2D eigenvalue weighted by Crippen LogP contribution is 2.25. The Morgan fingerprint density at radius 1 is 1.36 bits per heavy atom. The van der Waals surface area contributed by atoms with Crippen LogP contribution in [0.15, 0.2) is 24.3 Å². The number of nitrogens with one attached hydrogen (secondary N) is 3. The number of hydrogen-bond donors (Lipinski definition) is 5. The minimum atomic E-state index is -1.63. The number of amides is 2. The Morgan fingerprint density at radius 2 is 2.18 bits per heavy atom. The van der Waals surface area contributed by atoms with Crippen LogP contribution in [-0.4, -0.2) is 59.8 Å². The zero-order chi connectivity index (χ0) is 19.9. The lowest BCUT2D eigenvalue weighted by atomic mass is 9.86. The lowest BCUT2D eigenvalue weighted by Crippen LogP contribution is -2.68. The second kappa shape index (κ2) is 7.18. The summed E-state index contributed by atoms with van der Waals surface area (Å²) in [5, 5.41) is 20.1. The largest absolute Gasteiger partial charge is 0.369 e. The Hall–Kier alpha value is -2.44. The molecule has 5 atom stereocenters. The van der Waals surface area contributed by atoms with Crippen molar-refractivity contribution in [1.82, 2.24) is 20.9 Å². The normalized spacial score (nSPS) is 35.0. The van der Waals surface area contributed by atoms with Crippen LogP contribution < -0.4 is 21.7 Å². The molecular formula is C20H25N5O3. The number of benzene rings is 1. The summed E-state index contributed by atoms with van der Waals surface area (Å²) in [4.78, 5) is 26.1. The van der Waals surface area contributed by atoms with Crippen molar-refractivity contribution >= 4 is 11.8 Å². The zero-order valence-corrected chi connectivity index (χ0v) is 15.7. The van der Waals surface area contributed by atoms with Gasteiger partial charge in [-0.15, -0.1) is 0 Å². The summed E-state index contributed by atoms with van der Waals surface area (Å²) in [7, 11) is 1.65. The van der Waals surface area contributed by atoms with Gasteiger partial charge in [0, 0.05) is 31.6 Å². The summed E-state index contributed by atoms with van der Waals surface area (Å²) in [6.45, 7) is 1.21. The first-order valence-corrected chi connectivity index (χ1v) is 9.54. The molecule has 6 N–H and O–H groups in total. The molecule has 3 heterocycles.